The Morgan fingerprint density at radius 2 is 1.57 bits per heavy atom. The lowest BCUT2D eigenvalue weighted by atomic mass is 10.4. The van der Waals surface area contributed by atoms with Gasteiger partial charge in [-0.1, -0.05) is 43.0 Å². The van der Waals surface area contributed by atoms with E-state index in [1.165, 1.54) is 0 Å². The number of benzene rings is 1. The van der Waals surface area contributed by atoms with Crippen LogP contribution in [0.25, 0.3) is 0 Å². The third kappa shape index (κ3) is 8.53. The minimum atomic E-state index is -0.381. The van der Waals surface area contributed by atoms with Crippen molar-refractivity contribution in [1.82, 2.24) is 0 Å². The second-order valence-corrected chi connectivity index (χ2v) is 2.38. The Balaban J connectivity index is 0.000000249. The molecule has 0 atom stereocenters. The molecule has 75 valence electrons. The molecule has 0 heterocycles. The van der Waals surface area contributed by atoms with Crippen LogP contribution in [0.5, 0.6) is 0 Å². The largest absolute Gasteiger partial charge is 0.463 e. The van der Waals surface area contributed by atoms with Gasteiger partial charge in [-0.15, -0.1) is 0 Å². The number of carbonyl (C=O) groups excluding carboxylic acids is 1. The van der Waals surface area contributed by atoms with Gasteiger partial charge in [-0.05, 0) is 13.3 Å². The van der Waals surface area contributed by atoms with Crippen molar-refractivity contribution in [3.05, 3.63) is 56.0 Å². The standard InChI is InChI=1S/C6H9O2.C6H6/c1-3-5-8-6(7)4-2;1-2-4-6-5-3-1/h4H,1-3,5H2;1-6H. The minimum Gasteiger partial charge on any atom is -0.463 e. The third-order valence-electron chi connectivity index (χ3n) is 1.22. The molecule has 1 radical (unpaired) electrons. The quantitative estimate of drug-likeness (QED) is 0.542. The maximum atomic E-state index is 10.2. The van der Waals surface area contributed by atoms with Gasteiger partial charge < -0.3 is 4.74 Å². The lowest BCUT2D eigenvalue weighted by Crippen LogP contribution is -1.99. The number of carbonyl (C=O) groups is 1. The molecule has 0 unspecified atom stereocenters. The summed E-state index contributed by atoms with van der Waals surface area (Å²) in [4.78, 5) is 10.2. The van der Waals surface area contributed by atoms with Gasteiger partial charge in [0, 0.05) is 6.08 Å². The van der Waals surface area contributed by atoms with Crippen LogP contribution in [0.15, 0.2) is 49.1 Å². The highest BCUT2D eigenvalue weighted by molar-refractivity contribution is 5.81. The summed E-state index contributed by atoms with van der Waals surface area (Å²) in [6.07, 6.45) is 1.75. The van der Waals surface area contributed by atoms with E-state index >= 15 is 0 Å². The summed E-state index contributed by atoms with van der Waals surface area (Å²) < 4.78 is 4.52. The van der Waals surface area contributed by atoms with Crippen LogP contribution in [-0.4, -0.2) is 12.6 Å². The van der Waals surface area contributed by atoms with Gasteiger partial charge in [0.15, 0.2) is 0 Å². The normalized spacial score (nSPS) is 8.07. The first-order chi connectivity index (χ1) is 6.81. The highest BCUT2D eigenvalue weighted by Crippen LogP contribution is 1.81. The van der Waals surface area contributed by atoms with Gasteiger partial charge in [0.2, 0.25) is 0 Å². The first-order valence-corrected chi connectivity index (χ1v) is 4.39. The molecule has 0 bridgehead atoms. The van der Waals surface area contributed by atoms with Crippen molar-refractivity contribution < 1.29 is 9.53 Å². The molecule has 0 saturated carbocycles. The summed E-state index contributed by atoms with van der Waals surface area (Å²) in [5.74, 6) is -0.381. The van der Waals surface area contributed by atoms with Crippen LogP contribution in [0.4, 0.5) is 0 Å². The topological polar surface area (TPSA) is 26.3 Å². The first-order valence-electron chi connectivity index (χ1n) is 4.39. The van der Waals surface area contributed by atoms with Gasteiger partial charge in [0.25, 0.3) is 0 Å². The fraction of sp³-hybridized carbons (Fsp3) is 0.167. The summed E-state index contributed by atoms with van der Waals surface area (Å²) in [6.45, 7) is 7.08. The van der Waals surface area contributed by atoms with E-state index in [0.29, 0.717) is 13.0 Å². The molecule has 1 aromatic carbocycles. The van der Waals surface area contributed by atoms with Gasteiger partial charge in [0.05, 0.1) is 6.61 Å². The van der Waals surface area contributed by atoms with Gasteiger partial charge in [-0.3, -0.25) is 0 Å². The summed E-state index contributed by atoms with van der Waals surface area (Å²) in [7, 11) is 0. The molecule has 0 spiro atoms. The summed E-state index contributed by atoms with van der Waals surface area (Å²) in [5.41, 5.74) is 0. The Labute approximate surface area is 85.2 Å². The molecule has 0 saturated heterocycles. The number of hydrogen-bond acceptors (Lipinski definition) is 2. The fourth-order valence-corrected chi connectivity index (χ4v) is 0.617. The van der Waals surface area contributed by atoms with Crippen molar-refractivity contribution >= 4 is 5.97 Å². The smallest absolute Gasteiger partial charge is 0.330 e. The summed E-state index contributed by atoms with van der Waals surface area (Å²) in [5, 5.41) is 0. The van der Waals surface area contributed by atoms with Crippen LogP contribution in [0, 0.1) is 6.92 Å². The second-order valence-electron chi connectivity index (χ2n) is 2.38. The fourth-order valence-electron chi connectivity index (χ4n) is 0.617. The monoisotopic (exact) mass is 191 g/mol. The summed E-state index contributed by atoms with van der Waals surface area (Å²) >= 11 is 0. The second kappa shape index (κ2) is 9.52. The molecule has 1 rings (SSSR count). The predicted molar refractivity (Wildman–Crippen MR) is 57.6 cm³/mol. The summed E-state index contributed by atoms with van der Waals surface area (Å²) in [6, 6.07) is 12.0. The van der Waals surface area contributed by atoms with Crippen molar-refractivity contribution in [1.29, 1.82) is 0 Å². The van der Waals surface area contributed by atoms with Crippen molar-refractivity contribution in [2.75, 3.05) is 6.61 Å². The zero-order valence-corrected chi connectivity index (χ0v) is 8.19. The highest BCUT2D eigenvalue weighted by atomic mass is 16.5. The lowest BCUT2D eigenvalue weighted by Gasteiger charge is -1.94. The minimum absolute atomic E-state index is 0.380. The number of esters is 1. The Hall–Kier alpha value is -1.57. The Bertz CT molecular complexity index is 215. The predicted octanol–water partition coefficient (Wildman–Crippen LogP) is 2.63. The van der Waals surface area contributed by atoms with E-state index in [1.54, 1.807) is 0 Å². The van der Waals surface area contributed by atoms with Crippen LogP contribution >= 0.6 is 0 Å². The van der Waals surface area contributed by atoms with E-state index in [1.807, 2.05) is 36.4 Å². The molecule has 2 nitrogen and oxygen atoms in total. The molecule has 0 aromatic heterocycles. The third-order valence-corrected chi connectivity index (χ3v) is 1.22. The first kappa shape index (κ1) is 12.4. The zero-order valence-electron chi connectivity index (χ0n) is 8.19. The van der Waals surface area contributed by atoms with Gasteiger partial charge in [-0.2, -0.15) is 0 Å². The maximum absolute atomic E-state index is 10.2. The molecule has 0 N–H and O–H groups in total. The van der Waals surface area contributed by atoms with Gasteiger partial charge in [-0.25, -0.2) is 4.79 Å². The van der Waals surface area contributed by atoms with Crippen molar-refractivity contribution in [2.24, 2.45) is 0 Å². The number of ether oxygens (including phenoxy) is 1. The number of hydrogen-bond donors (Lipinski definition) is 0. The lowest BCUT2D eigenvalue weighted by molar-refractivity contribution is -0.137. The van der Waals surface area contributed by atoms with E-state index in [0.717, 1.165) is 6.08 Å². The van der Waals surface area contributed by atoms with Crippen LogP contribution in [0.2, 0.25) is 0 Å². The van der Waals surface area contributed by atoms with Crippen LogP contribution in [-0.2, 0) is 9.53 Å². The van der Waals surface area contributed by atoms with E-state index in [-0.39, 0.29) is 5.97 Å². The molecule has 0 aliphatic rings. The maximum Gasteiger partial charge on any atom is 0.330 e. The van der Waals surface area contributed by atoms with E-state index < -0.39 is 0 Å². The Kier molecular flexibility index (Phi) is 8.45. The van der Waals surface area contributed by atoms with Crippen molar-refractivity contribution in [3.8, 4) is 0 Å². The molecule has 0 aliphatic carbocycles. The zero-order chi connectivity index (χ0) is 10.6. The molecule has 0 aliphatic heterocycles. The molecular formula is C12H15O2. The van der Waals surface area contributed by atoms with Crippen LogP contribution in [0.3, 0.4) is 0 Å². The van der Waals surface area contributed by atoms with E-state index in [4.69, 9.17) is 0 Å². The SMILES string of the molecule is [CH2]CCOC(=O)C=C.c1ccccc1. The molecule has 2 heteroatoms. The van der Waals surface area contributed by atoms with E-state index in [2.05, 4.69) is 18.2 Å². The van der Waals surface area contributed by atoms with Crippen molar-refractivity contribution in [2.45, 2.75) is 6.42 Å². The average Bonchev–Trinajstić information content (AvgIpc) is 2.29. The highest BCUT2D eigenvalue weighted by Gasteiger charge is 1.89. The Morgan fingerprint density at radius 3 is 1.86 bits per heavy atom. The molecule has 0 amide bonds. The Morgan fingerprint density at radius 1 is 1.14 bits per heavy atom. The molecule has 1 aromatic rings. The molecular weight excluding hydrogens is 176 g/mol. The number of rotatable bonds is 3. The van der Waals surface area contributed by atoms with Crippen molar-refractivity contribution in [3.63, 3.8) is 0 Å². The van der Waals surface area contributed by atoms with Gasteiger partial charge >= 0.3 is 5.97 Å². The van der Waals surface area contributed by atoms with Crippen LogP contribution < -0.4 is 0 Å². The van der Waals surface area contributed by atoms with E-state index in [9.17, 15) is 4.79 Å². The average molecular weight is 191 g/mol. The van der Waals surface area contributed by atoms with Crippen LogP contribution in [0.1, 0.15) is 6.42 Å². The van der Waals surface area contributed by atoms with Gasteiger partial charge in [0.1, 0.15) is 0 Å². The molecule has 14 heavy (non-hydrogen) atoms. The molecule has 0 fully saturated rings.